The number of imidazole rings is 1. The van der Waals surface area contributed by atoms with Crippen molar-refractivity contribution in [2.24, 2.45) is 0 Å². The van der Waals surface area contributed by atoms with E-state index in [1.165, 1.54) is 17.7 Å². The zero-order chi connectivity index (χ0) is 22.5. The van der Waals surface area contributed by atoms with Crippen LogP contribution < -0.4 is 16.0 Å². The molecular weight excluding hydrogens is 436 g/mol. The summed E-state index contributed by atoms with van der Waals surface area (Å²) < 4.78 is 0. The van der Waals surface area contributed by atoms with Crippen molar-refractivity contribution >= 4 is 45.2 Å². The van der Waals surface area contributed by atoms with Gasteiger partial charge in [-0.2, -0.15) is 0 Å². The second kappa shape index (κ2) is 9.45. The Balaban J connectivity index is 1.19. The third kappa shape index (κ3) is 4.96. The lowest BCUT2D eigenvalue weighted by atomic mass is 10.2. The monoisotopic (exact) mass is 456 g/mol. The van der Waals surface area contributed by atoms with E-state index in [9.17, 15) is 4.79 Å². The quantitative estimate of drug-likeness (QED) is 0.280. The van der Waals surface area contributed by atoms with Gasteiger partial charge in [-0.15, -0.1) is 11.3 Å². The second-order valence-corrected chi connectivity index (χ2v) is 8.24. The van der Waals surface area contributed by atoms with Crippen molar-refractivity contribution in [1.82, 2.24) is 24.9 Å². The molecule has 0 spiro atoms. The number of rotatable bonds is 7. The van der Waals surface area contributed by atoms with Crippen molar-refractivity contribution in [3.05, 3.63) is 78.1 Å². The molecule has 5 rings (SSSR count). The molecule has 0 saturated carbocycles. The normalized spacial score (nSPS) is 10.8. The number of hydrogen-bond donors (Lipinski definition) is 4. The number of amides is 2. The van der Waals surface area contributed by atoms with E-state index in [4.69, 9.17) is 0 Å². The third-order valence-corrected chi connectivity index (χ3v) is 5.78. The summed E-state index contributed by atoms with van der Waals surface area (Å²) in [5.41, 5.74) is 3.09. The highest BCUT2D eigenvalue weighted by molar-refractivity contribution is 7.15. The fraction of sp³-hybridized carbons (Fsp3) is 0.0870. The topological polar surface area (TPSA) is 121 Å². The highest BCUT2D eigenvalue weighted by atomic mass is 32.1. The van der Waals surface area contributed by atoms with Gasteiger partial charge in [0.05, 0.1) is 0 Å². The van der Waals surface area contributed by atoms with E-state index >= 15 is 0 Å². The van der Waals surface area contributed by atoms with Gasteiger partial charge in [0.15, 0.2) is 16.6 Å². The van der Waals surface area contributed by atoms with Crippen LogP contribution in [-0.2, 0) is 6.42 Å². The maximum Gasteiger partial charge on any atom is 0.325 e. The van der Waals surface area contributed by atoms with Gasteiger partial charge in [0.1, 0.15) is 17.7 Å². The molecule has 0 fully saturated rings. The van der Waals surface area contributed by atoms with Crippen LogP contribution in [0.4, 0.5) is 21.4 Å². The van der Waals surface area contributed by atoms with Gasteiger partial charge in [0.2, 0.25) is 0 Å². The second-order valence-electron chi connectivity index (χ2n) is 7.13. The molecule has 0 saturated heterocycles. The van der Waals surface area contributed by atoms with Crippen LogP contribution in [-0.4, -0.2) is 37.5 Å². The summed E-state index contributed by atoms with van der Waals surface area (Å²) in [4.78, 5) is 34.0. The first kappa shape index (κ1) is 20.6. The van der Waals surface area contributed by atoms with Gasteiger partial charge in [-0.1, -0.05) is 48.5 Å². The van der Waals surface area contributed by atoms with Crippen LogP contribution in [0.3, 0.4) is 0 Å². The highest BCUT2D eigenvalue weighted by Crippen LogP contribution is 2.23. The molecule has 3 heterocycles. The molecule has 0 aliphatic rings. The number of H-pyrrole nitrogens is 1. The lowest BCUT2D eigenvalue weighted by molar-refractivity contribution is 0.262. The molecule has 0 aliphatic heterocycles. The lowest BCUT2D eigenvalue weighted by Crippen LogP contribution is -2.19. The van der Waals surface area contributed by atoms with Crippen molar-refractivity contribution in [1.29, 1.82) is 0 Å². The van der Waals surface area contributed by atoms with Crippen molar-refractivity contribution < 1.29 is 4.79 Å². The van der Waals surface area contributed by atoms with Crippen LogP contribution in [0.15, 0.2) is 73.2 Å². The first-order chi connectivity index (χ1) is 16.2. The minimum Gasteiger partial charge on any atom is -0.368 e. The molecule has 9 nitrogen and oxygen atoms in total. The average Bonchev–Trinajstić information content (AvgIpc) is 3.48. The van der Waals surface area contributed by atoms with E-state index in [1.807, 2.05) is 60.7 Å². The Hall–Kier alpha value is -4.31. The minimum atomic E-state index is -0.322. The van der Waals surface area contributed by atoms with Gasteiger partial charge in [-0.05, 0) is 12.1 Å². The number of anilines is 3. The summed E-state index contributed by atoms with van der Waals surface area (Å²) in [5.74, 6) is 1.45. The number of carbonyl (C=O) groups is 1. The van der Waals surface area contributed by atoms with Crippen molar-refractivity contribution in [3.8, 4) is 11.4 Å². The third-order valence-electron chi connectivity index (χ3n) is 4.81. The fourth-order valence-electron chi connectivity index (χ4n) is 3.26. The van der Waals surface area contributed by atoms with E-state index in [0.29, 0.717) is 23.1 Å². The van der Waals surface area contributed by atoms with E-state index in [2.05, 4.69) is 40.9 Å². The summed E-state index contributed by atoms with van der Waals surface area (Å²) in [5, 5.41) is 9.43. The van der Waals surface area contributed by atoms with Crippen LogP contribution in [0.1, 0.15) is 4.88 Å². The van der Waals surface area contributed by atoms with Crippen molar-refractivity contribution in [2.45, 2.75) is 6.42 Å². The molecule has 2 amide bonds. The predicted octanol–water partition coefficient (Wildman–Crippen LogP) is 4.78. The van der Waals surface area contributed by atoms with Crippen LogP contribution in [0.2, 0.25) is 0 Å². The van der Waals surface area contributed by atoms with E-state index in [0.717, 1.165) is 33.9 Å². The Morgan fingerprint density at radius 2 is 1.73 bits per heavy atom. The maximum atomic E-state index is 12.1. The number of thiazole rings is 1. The molecule has 33 heavy (non-hydrogen) atoms. The Kier molecular flexibility index (Phi) is 5.89. The molecule has 0 radical (unpaired) electrons. The minimum absolute atomic E-state index is 0.322. The molecule has 0 aliphatic carbocycles. The zero-order valence-corrected chi connectivity index (χ0v) is 18.3. The summed E-state index contributed by atoms with van der Waals surface area (Å²) >= 11 is 1.44. The number of nitrogens with one attached hydrogen (secondary N) is 4. The molecular formula is C23H20N8OS. The molecule has 164 valence electrons. The highest BCUT2D eigenvalue weighted by Gasteiger charge is 2.11. The number of para-hydroxylation sites is 1. The standard InChI is InChI=1S/C23H20N8OS/c32-22(28-16-9-5-2-6-10-16)31-23-25-13-17(33-23)11-12-24-20-18-21(27-14-26-20)30-19(29-18)15-7-3-1-4-8-15/h1-10,13-14H,11-12H2,(H2,25,28,31,32)(H2,24,26,27,29,30). The Bertz CT molecular complexity index is 1370. The smallest absolute Gasteiger partial charge is 0.325 e. The molecule has 10 heteroatoms. The van der Waals surface area contributed by atoms with Gasteiger partial charge >= 0.3 is 6.03 Å². The summed E-state index contributed by atoms with van der Waals surface area (Å²) in [6, 6.07) is 18.8. The van der Waals surface area contributed by atoms with Gasteiger partial charge in [-0.3, -0.25) is 5.32 Å². The molecule has 0 unspecified atom stereocenters. The van der Waals surface area contributed by atoms with Crippen LogP contribution in [0.25, 0.3) is 22.6 Å². The number of urea groups is 1. The number of aromatic nitrogens is 5. The molecule has 3 aromatic heterocycles. The van der Waals surface area contributed by atoms with Crippen molar-refractivity contribution in [2.75, 3.05) is 22.5 Å². The van der Waals surface area contributed by atoms with Gasteiger partial charge in [0, 0.05) is 35.3 Å². The largest absolute Gasteiger partial charge is 0.368 e. The van der Waals surface area contributed by atoms with Crippen LogP contribution >= 0.6 is 11.3 Å². The summed E-state index contributed by atoms with van der Waals surface area (Å²) in [6.45, 7) is 0.643. The molecule has 4 N–H and O–H groups in total. The first-order valence-corrected chi connectivity index (χ1v) is 11.1. The number of benzene rings is 2. The average molecular weight is 457 g/mol. The van der Waals surface area contributed by atoms with Gasteiger partial charge in [-0.25, -0.2) is 24.7 Å². The fourth-order valence-corrected chi connectivity index (χ4v) is 4.07. The molecule has 0 bridgehead atoms. The lowest BCUT2D eigenvalue weighted by Gasteiger charge is -2.05. The van der Waals surface area contributed by atoms with Crippen molar-refractivity contribution in [3.63, 3.8) is 0 Å². The molecule has 5 aromatic rings. The van der Waals surface area contributed by atoms with Gasteiger partial charge < -0.3 is 15.6 Å². The van der Waals surface area contributed by atoms with E-state index in [-0.39, 0.29) is 6.03 Å². The predicted molar refractivity (Wildman–Crippen MR) is 131 cm³/mol. The Morgan fingerprint density at radius 3 is 2.55 bits per heavy atom. The first-order valence-electron chi connectivity index (χ1n) is 10.3. The van der Waals surface area contributed by atoms with E-state index < -0.39 is 0 Å². The van der Waals surface area contributed by atoms with E-state index in [1.54, 1.807) is 6.20 Å². The molecule has 0 atom stereocenters. The molecule has 2 aromatic carbocycles. The zero-order valence-electron chi connectivity index (χ0n) is 17.4. The number of fused-ring (bicyclic) bond motifs is 1. The number of nitrogens with zero attached hydrogens (tertiary/aromatic N) is 4. The summed E-state index contributed by atoms with van der Waals surface area (Å²) in [7, 11) is 0. The number of carbonyl (C=O) groups excluding carboxylic acids is 1. The summed E-state index contributed by atoms with van der Waals surface area (Å²) in [6.07, 6.45) is 3.99. The Morgan fingerprint density at radius 1 is 0.939 bits per heavy atom. The SMILES string of the molecule is O=C(Nc1ccccc1)Nc1ncc(CCNc2ncnc3nc(-c4ccccc4)[nH]c23)s1. The maximum absolute atomic E-state index is 12.1. The van der Waals surface area contributed by atoms with Crippen LogP contribution in [0.5, 0.6) is 0 Å². The van der Waals surface area contributed by atoms with Crippen LogP contribution in [0, 0.1) is 0 Å². The Labute approximate surface area is 193 Å². The number of aromatic amines is 1. The number of hydrogen-bond acceptors (Lipinski definition) is 7. The van der Waals surface area contributed by atoms with Gasteiger partial charge in [0.25, 0.3) is 0 Å².